The first-order valence-electron chi connectivity index (χ1n) is 9.79. The molecule has 2 amide bonds. The molecule has 0 unspecified atom stereocenters. The first-order valence-corrected chi connectivity index (χ1v) is 12.0. The van der Waals surface area contributed by atoms with E-state index in [1.54, 1.807) is 41.0 Å². The summed E-state index contributed by atoms with van der Waals surface area (Å²) in [5.41, 5.74) is 0. The van der Waals surface area contributed by atoms with Gasteiger partial charge in [-0.05, 0) is 44.0 Å². The van der Waals surface area contributed by atoms with Crippen LogP contribution in [-0.2, 0) is 19.6 Å². The Morgan fingerprint density at radius 2 is 1.69 bits per heavy atom. The summed E-state index contributed by atoms with van der Waals surface area (Å²) in [6.45, 7) is 4.42. The Morgan fingerprint density at radius 3 is 2.31 bits per heavy atom. The van der Waals surface area contributed by atoms with Gasteiger partial charge in [-0.15, -0.1) is 0 Å². The second-order valence-corrected chi connectivity index (χ2v) is 10.0. The van der Waals surface area contributed by atoms with Gasteiger partial charge in [-0.2, -0.15) is 4.31 Å². The summed E-state index contributed by atoms with van der Waals surface area (Å²) in [6.07, 6.45) is 0.960. The monoisotopic (exact) mass is 487 g/mol. The molecule has 2 saturated heterocycles. The van der Waals surface area contributed by atoms with Crippen molar-refractivity contribution in [3.05, 3.63) is 28.7 Å². The van der Waals surface area contributed by atoms with Crippen molar-refractivity contribution in [3.8, 4) is 0 Å². The predicted molar refractivity (Wildman–Crippen MR) is 111 cm³/mol. The van der Waals surface area contributed by atoms with E-state index in [1.807, 2.05) is 0 Å². The summed E-state index contributed by atoms with van der Waals surface area (Å²) >= 11 is 3.31. The van der Waals surface area contributed by atoms with Gasteiger partial charge >= 0.3 is 6.09 Å². The zero-order valence-corrected chi connectivity index (χ0v) is 18.8. The molecule has 29 heavy (non-hydrogen) atoms. The van der Waals surface area contributed by atoms with E-state index in [9.17, 15) is 18.0 Å². The fraction of sp³-hybridized carbons (Fsp3) is 0.579. The number of hydrogen-bond donors (Lipinski definition) is 0. The van der Waals surface area contributed by atoms with E-state index in [-0.39, 0.29) is 29.4 Å². The molecule has 0 bridgehead atoms. The molecule has 2 fully saturated rings. The summed E-state index contributed by atoms with van der Waals surface area (Å²) < 4.78 is 33.1. The van der Waals surface area contributed by atoms with E-state index >= 15 is 0 Å². The van der Waals surface area contributed by atoms with Crippen LogP contribution in [0.25, 0.3) is 0 Å². The van der Waals surface area contributed by atoms with Gasteiger partial charge in [0, 0.05) is 43.7 Å². The summed E-state index contributed by atoms with van der Waals surface area (Å²) in [5, 5.41) is 0. The molecule has 1 atom stereocenters. The van der Waals surface area contributed by atoms with E-state index in [0.717, 1.165) is 4.47 Å². The number of benzene rings is 1. The quantitative estimate of drug-likeness (QED) is 0.649. The highest BCUT2D eigenvalue weighted by molar-refractivity contribution is 9.10. The smallest absolute Gasteiger partial charge is 0.409 e. The lowest BCUT2D eigenvalue weighted by Crippen LogP contribution is -2.54. The van der Waals surface area contributed by atoms with Gasteiger partial charge < -0.3 is 14.5 Å². The van der Waals surface area contributed by atoms with Crippen molar-refractivity contribution < 1.29 is 22.7 Å². The topological polar surface area (TPSA) is 87.2 Å². The van der Waals surface area contributed by atoms with Crippen molar-refractivity contribution in [2.24, 2.45) is 5.92 Å². The van der Waals surface area contributed by atoms with Crippen LogP contribution in [0.3, 0.4) is 0 Å². The number of amides is 2. The summed E-state index contributed by atoms with van der Waals surface area (Å²) in [4.78, 5) is 28.3. The molecule has 8 nitrogen and oxygen atoms in total. The maximum Gasteiger partial charge on any atom is 0.409 e. The lowest BCUT2D eigenvalue weighted by molar-refractivity contribution is -0.138. The minimum absolute atomic E-state index is 0.0378. The zero-order valence-electron chi connectivity index (χ0n) is 16.4. The minimum atomic E-state index is -3.63. The normalized spacial score (nSPS) is 21.1. The molecule has 3 rings (SSSR count). The first kappa shape index (κ1) is 22.0. The van der Waals surface area contributed by atoms with Crippen LogP contribution in [0.4, 0.5) is 4.79 Å². The SMILES string of the molecule is CCOC(=O)N1CCN(C(=O)[C@@H]2CCCN(S(=O)(=O)c3ccc(Br)cc3)C2)CC1. The lowest BCUT2D eigenvalue weighted by Gasteiger charge is -2.38. The average molecular weight is 488 g/mol. The third-order valence-electron chi connectivity index (χ3n) is 5.30. The Hall–Kier alpha value is -1.65. The molecule has 0 spiro atoms. The summed E-state index contributed by atoms with van der Waals surface area (Å²) in [5.74, 6) is -0.396. The van der Waals surface area contributed by atoms with Crippen molar-refractivity contribution in [3.63, 3.8) is 0 Å². The van der Waals surface area contributed by atoms with Crippen LogP contribution < -0.4 is 0 Å². The average Bonchev–Trinajstić information content (AvgIpc) is 2.74. The van der Waals surface area contributed by atoms with Crippen molar-refractivity contribution >= 4 is 38.0 Å². The summed E-state index contributed by atoms with van der Waals surface area (Å²) in [7, 11) is -3.63. The van der Waals surface area contributed by atoms with Crippen LogP contribution in [0.2, 0.25) is 0 Å². The molecule has 0 aromatic heterocycles. The third-order valence-corrected chi connectivity index (χ3v) is 7.71. The van der Waals surface area contributed by atoms with Gasteiger partial charge in [-0.1, -0.05) is 15.9 Å². The molecule has 1 aromatic carbocycles. The van der Waals surface area contributed by atoms with Crippen LogP contribution >= 0.6 is 15.9 Å². The molecule has 0 aliphatic carbocycles. The number of carbonyl (C=O) groups excluding carboxylic acids is 2. The highest BCUT2D eigenvalue weighted by atomic mass is 79.9. The van der Waals surface area contributed by atoms with Crippen molar-refractivity contribution in [1.82, 2.24) is 14.1 Å². The number of piperazine rings is 1. The lowest BCUT2D eigenvalue weighted by atomic mass is 9.98. The van der Waals surface area contributed by atoms with Gasteiger partial charge in [0.15, 0.2) is 0 Å². The van der Waals surface area contributed by atoms with Crippen molar-refractivity contribution in [2.45, 2.75) is 24.7 Å². The highest BCUT2D eigenvalue weighted by Gasteiger charge is 2.36. The van der Waals surface area contributed by atoms with Gasteiger partial charge in [-0.25, -0.2) is 13.2 Å². The number of carbonyl (C=O) groups is 2. The maximum absolute atomic E-state index is 13.0. The Balaban J connectivity index is 1.61. The van der Waals surface area contributed by atoms with Crippen LogP contribution in [-0.4, -0.2) is 80.4 Å². The predicted octanol–water partition coefficient (Wildman–Crippen LogP) is 2.15. The van der Waals surface area contributed by atoms with E-state index in [0.29, 0.717) is 52.2 Å². The standard InChI is InChI=1S/C19H26BrN3O5S/c1-2-28-19(25)22-12-10-21(11-13-22)18(24)15-4-3-9-23(14-15)29(26,27)17-7-5-16(20)6-8-17/h5-8,15H,2-4,9-14H2,1H3/t15-/m1/s1. The summed E-state index contributed by atoms with van der Waals surface area (Å²) in [6, 6.07) is 6.53. The second-order valence-electron chi connectivity index (χ2n) is 7.17. The molecule has 10 heteroatoms. The number of halogens is 1. The van der Waals surface area contributed by atoms with Gasteiger partial charge in [0.1, 0.15) is 0 Å². The van der Waals surface area contributed by atoms with Crippen molar-refractivity contribution in [2.75, 3.05) is 45.9 Å². The van der Waals surface area contributed by atoms with E-state index < -0.39 is 10.0 Å². The maximum atomic E-state index is 13.0. The van der Waals surface area contributed by atoms with E-state index in [1.165, 1.54) is 4.31 Å². The molecule has 2 aliphatic heterocycles. The molecule has 160 valence electrons. The van der Waals surface area contributed by atoms with Gasteiger partial charge in [0.25, 0.3) is 0 Å². The number of rotatable bonds is 4. The second kappa shape index (κ2) is 9.44. The van der Waals surface area contributed by atoms with Crippen LogP contribution in [0.5, 0.6) is 0 Å². The molecule has 1 aromatic rings. The van der Waals surface area contributed by atoms with E-state index in [4.69, 9.17) is 4.74 Å². The molecule has 2 aliphatic rings. The molecule has 0 saturated carbocycles. The number of hydrogen-bond acceptors (Lipinski definition) is 5. The molecule has 2 heterocycles. The van der Waals surface area contributed by atoms with Gasteiger partial charge in [-0.3, -0.25) is 4.79 Å². The fourth-order valence-corrected chi connectivity index (χ4v) is 5.49. The van der Waals surface area contributed by atoms with Crippen LogP contribution in [0.1, 0.15) is 19.8 Å². The van der Waals surface area contributed by atoms with Crippen molar-refractivity contribution in [1.29, 1.82) is 0 Å². The Kier molecular flexibility index (Phi) is 7.18. The first-order chi connectivity index (χ1) is 13.8. The minimum Gasteiger partial charge on any atom is -0.450 e. The number of ether oxygens (including phenoxy) is 1. The van der Waals surface area contributed by atoms with Gasteiger partial charge in [0.05, 0.1) is 17.4 Å². The van der Waals surface area contributed by atoms with E-state index in [2.05, 4.69) is 15.9 Å². The Morgan fingerprint density at radius 1 is 1.07 bits per heavy atom. The van der Waals surface area contributed by atoms with Crippen LogP contribution in [0.15, 0.2) is 33.6 Å². The fourth-order valence-electron chi connectivity index (χ4n) is 3.70. The molecular weight excluding hydrogens is 462 g/mol. The Labute approximate surface area is 180 Å². The number of piperidine rings is 1. The third kappa shape index (κ3) is 5.10. The number of sulfonamides is 1. The van der Waals surface area contributed by atoms with Crippen LogP contribution in [0, 0.1) is 5.92 Å². The number of nitrogens with zero attached hydrogens (tertiary/aromatic N) is 3. The molecular formula is C19H26BrN3O5S. The highest BCUT2D eigenvalue weighted by Crippen LogP contribution is 2.26. The largest absolute Gasteiger partial charge is 0.450 e. The molecule has 0 N–H and O–H groups in total. The van der Waals surface area contributed by atoms with Gasteiger partial charge in [0.2, 0.25) is 15.9 Å². The Bertz CT molecular complexity index is 838. The zero-order chi connectivity index (χ0) is 21.0. The molecule has 0 radical (unpaired) electrons.